The Balaban J connectivity index is 0.000000202. The number of urea groups is 1. The molecule has 2 aliphatic heterocycles. The van der Waals surface area contributed by atoms with Crippen molar-refractivity contribution in [2.45, 2.75) is 0 Å². The number of hydrogen-bond donors (Lipinski definition) is 3. The lowest BCUT2D eigenvalue weighted by atomic mass is 10.1. The number of nitrogens with one attached hydrogen (secondary N) is 2. The van der Waals surface area contributed by atoms with Crippen LogP contribution in [0.4, 0.5) is 21.9 Å². The largest absolute Gasteiger partial charge is 0.492 e. The number of carbonyl (C=O) groups excluding carboxylic acids is 1. The lowest BCUT2D eigenvalue weighted by Crippen LogP contribution is -2.38. The van der Waals surface area contributed by atoms with Gasteiger partial charge in [0.05, 0.1) is 60.3 Å². The van der Waals surface area contributed by atoms with Gasteiger partial charge in [-0.2, -0.15) is 10.2 Å². The number of morpholine rings is 2. The molecule has 298 valence electrons. The highest BCUT2D eigenvalue weighted by Crippen LogP contribution is 2.37. The van der Waals surface area contributed by atoms with Gasteiger partial charge in [0, 0.05) is 86.6 Å². The van der Waals surface area contributed by atoms with E-state index in [9.17, 15) is 4.79 Å². The molecule has 0 radical (unpaired) electrons. The van der Waals surface area contributed by atoms with Gasteiger partial charge in [-0.15, -0.1) is 0 Å². The first-order chi connectivity index (χ1) is 27.1. The van der Waals surface area contributed by atoms with Crippen LogP contribution in [0.5, 0.6) is 11.5 Å². The predicted molar refractivity (Wildman–Crippen MR) is 221 cm³/mol. The minimum Gasteiger partial charge on any atom is -0.492 e. The number of nitrogens with two attached hydrogens (primary N) is 1. The number of aromatic nitrogens is 4. The Kier molecular flexibility index (Phi) is 14.7. The summed E-state index contributed by atoms with van der Waals surface area (Å²) in [5, 5.41) is 15.6. The number of nitrogens with zero attached hydrogens (tertiary/aromatic N) is 6. The lowest BCUT2D eigenvalue weighted by Gasteiger charge is -2.26. The van der Waals surface area contributed by atoms with Crippen molar-refractivity contribution in [2.75, 3.05) is 95.3 Å². The molecule has 2 saturated heterocycles. The molecule has 7 rings (SSSR count). The third-order valence-electron chi connectivity index (χ3n) is 9.16. The number of carbonyl (C=O) groups is 1. The van der Waals surface area contributed by atoms with Crippen molar-refractivity contribution in [3.63, 3.8) is 0 Å². The zero-order chi connectivity index (χ0) is 39.4. The number of nitrogen functional groups attached to an aromatic ring is 1. The summed E-state index contributed by atoms with van der Waals surface area (Å²) >= 11 is 18.7. The summed E-state index contributed by atoms with van der Waals surface area (Å²) in [6, 6.07) is 17.6. The number of benzene rings is 3. The second-order valence-corrected chi connectivity index (χ2v) is 14.3. The fraction of sp³-hybridized carbons (Fsp3) is 0.359. The molecular weight excluding hydrogens is 781 g/mol. The van der Waals surface area contributed by atoms with Crippen LogP contribution >= 0.6 is 34.8 Å². The van der Waals surface area contributed by atoms with E-state index >= 15 is 0 Å². The van der Waals surface area contributed by atoms with E-state index in [-0.39, 0.29) is 6.03 Å². The molecule has 17 heteroatoms. The number of rotatable bonds is 12. The van der Waals surface area contributed by atoms with Gasteiger partial charge in [-0.05, 0) is 54.6 Å². The third kappa shape index (κ3) is 11.3. The molecule has 2 fully saturated rings. The number of amides is 2. The van der Waals surface area contributed by atoms with E-state index in [0.717, 1.165) is 88.3 Å². The number of halogens is 3. The maximum absolute atomic E-state index is 12.5. The Labute approximate surface area is 341 Å². The van der Waals surface area contributed by atoms with Gasteiger partial charge in [0.25, 0.3) is 0 Å². The molecule has 0 unspecified atom stereocenters. The molecule has 2 aromatic heterocycles. The van der Waals surface area contributed by atoms with Crippen molar-refractivity contribution in [3.05, 3.63) is 88.1 Å². The summed E-state index contributed by atoms with van der Waals surface area (Å²) in [4.78, 5) is 17.1. The van der Waals surface area contributed by atoms with Gasteiger partial charge in [-0.1, -0.05) is 40.9 Å². The number of hydrogen-bond acceptors (Lipinski definition) is 10. The van der Waals surface area contributed by atoms with Gasteiger partial charge in [0.2, 0.25) is 0 Å². The molecule has 5 aromatic rings. The molecule has 56 heavy (non-hydrogen) atoms. The highest BCUT2D eigenvalue weighted by Gasteiger charge is 2.19. The average Bonchev–Trinajstić information content (AvgIpc) is 3.71. The first-order valence-electron chi connectivity index (χ1n) is 18.2. The van der Waals surface area contributed by atoms with E-state index in [0.29, 0.717) is 56.8 Å². The standard InChI is InChI=1S/C23H25Cl2N5O3.C16H21ClN4O2/c1-29-22(20(25)15-26-29)19-14-18(28-23(31)27-17-4-2-3-16(24)13-17)5-6-21(19)33-12-9-30-7-10-32-11-8-30;1-20-16(14(17)11-19-20)13-10-12(18)2-3-15(13)23-9-6-21-4-7-22-8-5-21/h2-6,13-15H,7-12H2,1H3,(H2,27,28,31);2-3,10-11H,4-9,18H2,1H3. The van der Waals surface area contributed by atoms with Crippen LogP contribution in [0.15, 0.2) is 73.1 Å². The highest BCUT2D eigenvalue weighted by atomic mass is 35.5. The van der Waals surface area contributed by atoms with Gasteiger partial charge in [-0.3, -0.25) is 19.2 Å². The summed E-state index contributed by atoms with van der Waals surface area (Å²) in [6.45, 7) is 9.55. The van der Waals surface area contributed by atoms with Gasteiger partial charge in [0.1, 0.15) is 24.7 Å². The van der Waals surface area contributed by atoms with Crippen LogP contribution in [0.3, 0.4) is 0 Å². The van der Waals surface area contributed by atoms with Crippen molar-refractivity contribution >= 4 is 57.9 Å². The fourth-order valence-electron chi connectivity index (χ4n) is 6.28. The van der Waals surface area contributed by atoms with Crippen molar-refractivity contribution in [1.82, 2.24) is 29.4 Å². The van der Waals surface area contributed by atoms with Crippen LogP contribution in [-0.4, -0.2) is 114 Å². The number of ether oxygens (including phenoxy) is 4. The molecule has 0 aliphatic carbocycles. The molecule has 4 N–H and O–H groups in total. The summed E-state index contributed by atoms with van der Waals surface area (Å²) in [5.74, 6) is 1.42. The van der Waals surface area contributed by atoms with Crippen molar-refractivity contribution < 1.29 is 23.7 Å². The van der Waals surface area contributed by atoms with Crippen LogP contribution in [0.25, 0.3) is 22.5 Å². The van der Waals surface area contributed by atoms with Crippen molar-refractivity contribution in [2.24, 2.45) is 14.1 Å². The molecule has 2 amide bonds. The lowest BCUT2D eigenvalue weighted by molar-refractivity contribution is 0.0322. The van der Waals surface area contributed by atoms with Crippen LogP contribution in [0.2, 0.25) is 15.1 Å². The summed E-state index contributed by atoms with van der Waals surface area (Å²) in [7, 11) is 3.66. The van der Waals surface area contributed by atoms with Crippen LogP contribution in [0, 0.1) is 0 Å². The SMILES string of the molecule is Cn1ncc(Cl)c1-c1cc(N)ccc1OCCN1CCOCC1.Cn1ncc(Cl)c1-c1cc(NC(=O)Nc2cccc(Cl)c2)ccc1OCCN1CCOCC1. The first-order valence-corrected chi connectivity index (χ1v) is 19.4. The molecular formula is C39H46Cl3N9O5. The van der Waals surface area contributed by atoms with Crippen molar-refractivity contribution in [1.29, 1.82) is 0 Å². The van der Waals surface area contributed by atoms with Crippen molar-refractivity contribution in [3.8, 4) is 34.0 Å². The van der Waals surface area contributed by atoms with E-state index in [2.05, 4.69) is 30.6 Å². The Morgan fingerprint density at radius 2 is 1.21 bits per heavy atom. The molecule has 4 heterocycles. The molecule has 0 spiro atoms. The first kappa shape index (κ1) is 41.1. The van der Waals surface area contributed by atoms with E-state index < -0.39 is 0 Å². The fourth-order valence-corrected chi connectivity index (χ4v) is 7.01. The topological polar surface area (TPSA) is 146 Å². The Bertz CT molecular complexity index is 2030. The summed E-state index contributed by atoms with van der Waals surface area (Å²) in [6.07, 6.45) is 3.21. The van der Waals surface area contributed by atoms with Gasteiger partial charge in [0.15, 0.2) is 0 Å². The Hall–Kier alpha value is -4.54. The zero-order valence-electron chi connectivity index (χ0n) is 31.3. The zero-order valence-corrected chi connectivity index (χ0v) is 33.6. The van der Waals surface area contributed by atoms with Gasteiger partial charge >= 0.3 is 6.03 Å². The minimum atomic E-state index is -0.389. The Morgan fingerprint density at radius 3 is 1.71 bits per heavy atom. The molecule has 14 nitrogen and oxygen atoms in total. The predicted octanol–water partition coefficient (Wildman–Crippen LogP) is 6.78. The number of anilines is 3. The van der Waals surface area contributed by atoms with E-state index in [1.165, 1.54) is 0 Å². The molecule has 2 aliphatic rings. The normalized spacial score (nSPS) is 14.8. The maximum atomic E-state index is 12.5. The second-order valence-electron chi connectivity index (χ2n) is 13.1. The molecule has 0 bridgehead atoms. The molecule has 0 atom stereocenters. The van der Waals surface area contributed by atoms with E-state index in [4.69, 9.17) is 59.5 Å². The van der Waals surface area contributed by atoms with Gasteiger partial charge < -0.3 is 35.3 Å². The quantitative estimate of drug-likeness (QED) is 0.115. The second kappa shape index (κ2) is 20.1. The maximum Gasteiger partial charge on any atom is 0.323 e. The van der Waals surface area contributed by atoms with Gasteiger partial charge in [-0.25, -0.2) is 4.79 Å². The summed E-state index contributed by atoms with van der Waals surface area (Å²) < 4.78 is 26.3. The number of aryl methyl sites for hydroxylation is 2. The highest BCUT2D eigenvalue weighted by molar-refractivity contribution is 6.33. The van der Waals surface area contributed by atoms with Crippen LogP contribution in [0.1, 0.15) is 0 Å². The smallest absolute Gasteiger partial charge is 0.323 e. The third-order valence-corrected chi connectivity index (χ3v) is 9.95. The average molecular weight is 827 g/mol. The van der Waals surface area contributed by atoms with Crippen LogP contribution in [-0.2, 0) is 23.6 Å². The van der Waals surface area contributed by atoms with Crippen LogP contribution < -0.4 is 25.8 Å². The monoisotopic (exact) mass is 825 g/mol. The summed E-state index contributed by atoms with van der Waals surface area (Å²) in [5.41, 5.74) is 10.9. The minimum absolute atomic E-state index is 0.389. The molecule has 0 saturated carbocycles. The Morgan fingerprint density at radius 1 is 0.714 bits per heavy atom. The van der Waals surface area contributed by atoms with E-state index in [1.54, 1.807) is 52.1 Å². The van der Waals surface area contributed by atoms with E-state index in [1.807, 2.05) is 44.4 Å². The molecule has 3 aromatic carbocycles.